The number of sulfonamides is 1. The first kappa shape index (κ1) is 12.4. The number of esters is 1. The van der Waals surface area contributed by atoms with Crippen LogP contribution in [0.15, 0.2) is 46.9 Å². The molecule has 1 fully saturated rings. The van der Waals surface area contributed by atoms with Gasteiger partial charge in [0.1, 0.15) is 6.10 Å². The molecule has 1 aromatic rings. The molecule has 0 N–H and O–H groups in total. The van der Waals surface area contributed by atoms with E-state index < -0.39 is 16.1 Å². The molecular weight excluding hydrogens is 266 g/mol. The predicted molar refractivity (Wildman–Crippen MR) is 67.8 cm³/mol. The fraction of sp³-hybridized carbons (Fsp3) is 0.308. The largest absolute Gasteiger partial charge is 0.453 e. The van der Waals surface area contributed by atoms with E-state index in [9.17, 15) is 13.2 Å². The van der Waals surface area contributed by atoms with Crippen LogP contribution >= 0.6 is 0 Å². The predicted octanol–water partition coefficient (Wildman–Crippen LogP) is 0.933. The molecule has 2 aliphatic heterocycles. The number of nitrogens with zero attached hydrogens (tertiary/aromatic N) is 1. The Labute approximate surface area is 111 Å². The van der Waals surface area contributed by atoms with Gasteiger partial charge < -0.3 is 4.74 Å². The van der Waals surface area contributed by atoms with Gasteiger partial charge in [-0.05, 0) is 24.1 Å². The number of ether oxygens (including phenoxy) is 1. The third kappa shape index (κ3) is 2.17. The third-order valence-corrected chi connectivity index (χ3v) is 5.25. The molecule has 100 valence electrons. The zero-order valence-electron chi connectivity index (χ0n) is 10.2. The molecule has 2 heterocycles. The molecule has 0 saturated carbocycles. The van der Waals surface area contributed by atoms with Crippen molar-refractivity contribution >= 4 is 16.0 Å². The Bertz CT molecular complexity index is 636. The van der Waals surface area contributed by atoms with Crippen molar-refractivity contribution < 1.29 is 17.9 Å². The lowest BCUT2D eigenvalue weighted by Crippen LogP contribution is -2.43. The highest BCUT2D eigenvalue weighted by Crippen LogP contribution is 2.28. The van der Waals surface area contributed by atoms with Crippen LogP contribution in [0.3, 0.4) is 0 Å². The summed E-state index contributed by atoms with van der Waals surface area (Å²) in [6.45, 7) is 0.588. The molecule has 1 unspecified atom stereocenters. The number of fused-ring (bicyclic) bond motifs is 1. The first-order chi connectivity index (χ1) is 9.07. The Morgan fingerprint density at radius 3 is 2.68 bits per heavy atom. The maximum atomic E-state index is 12.4. The van der Waals surface area contributed by atoms with Crippen molar-refractivity contribution in [2.45, 2.75) is 17.4 Å². The minimum Gasteiger partial charge on any atom is -0.453 e. The van der Waals surface area contributed by atoms with Crippen molar-refractivity contribution in [3.63, 3.8) is 0 Å². The molecule has 1 saturated heterocycles. The average molecular weight is 279 g/mol. The van der Waals surface area contributed by atoms with E-state index in [1.54, 1.807) is 30.3 Å². The summed E-state index contributed by atoms with van der Waals surface area (Å²) < 4.78 is 31.3. The van der Waals surface area contributed by atoms with Crippen LogP contribution in [0.2, 0.25) is 0 Å². The first-order valence-electron chi connectivity index (χ1n) is 6.03. The van der Waals surface area contributed by atoms with Crippen LogP contribution < -0.4 is 0 Å². The van der Waals surface area contributed by atoms with Gasteiger partial charge in [-0.3, -0.25) is 0 Å². The van der Waals surface area contributed by atoms with Gasteiger partial charge in [0.25, 0.3) is 0 Å². The lowest BCUT2D eigenvalue weighted by molar-refractivity contribution is -0.139. The fourth-order valence-electron chi connectivity index (χ4n) is 2.37. The van der Waals surface area contributed by atoms with Crippen molar-refractivity contribution in [2.75, 3.05) is 13.1 Å². The average Bonchev–Trinajstić information content (AvgIpc) is 2.78. The smallest absolute Gasteiger partial charge is 0.331 e. The lowest BCUT2D eigenvalue weighted by Gasteiger charge is -2.30. The van der Waals surface area contributed by atoms with E-state index in [0.717, 1.165) is 5.57 Å². The fourth-order valence-corrected chi connectivity index (χ4v) is 3.83. The van der Waals surface area contributed by atoms with E-state index in [0.29, 0.717) is 13.0 Å². The molecule has 0 spiro atoms. The van der Waals surface area contributed by atoms with E-state index in [1.807, 2.05) is 0 Å². The zero-order chi connectivity index (χ0) is 13.5. The summed E-state index contributed by atoms with van der Waals surface area (Å²) in [5.41, 5.74) is 0.893. The molecule has 5 nitrogen and oxygen atoms in total. The lowest BCUT2D eigenvalue weighted by atomic mass is 10.0. The summed E-state index contributed by atoms with van der Waals surface area (Å²) in [6.07, 6.45) is 1.60. The third-order valence-electron chi connectivity index (χ3n) is 3.38. The minimum atomic E-state index is -3.50. The first-order valence-corrected chi connectivity index (χ1v) is 7.48. The molecule has 1 atom stereocenters. The Hall–Kier alpha value is -1.66. The highest BCUT2D eigenvalue weighted by molar-refractivity contribution is 7.89. The normalized spacial score (nSPS) is 23.7. The van der Waals surface area contributed by atoms with Crippen molar-refractivity contribution in [1.82, 2.24) is 4.31 Å². The number of piperidine rings is 1. The van der Waals surface area contributed by atoms with E-state index in [-0.39, 0.29) is 17.4 Å². The Kier molecular flexibility index (Phi) is 2.91. The summed E-state index contributed by atoms with van der Waals surface area (Å²) in [7, 11) is -3.50. The number of hydrogen-bond donors (Lipinski definition) is 0. The van der Waals surface area contributed by atoms with Crippen molar-refractivity contribution in [2.24, 2.45) is 0 Å². The zero-order valence-corrected chi connectivity index (χ0v) is 11.0. The highest BCUT2D eigenvalue weighted by atomic mass is 32.2. The van der Waals surface area contributed by atoms with E-state index >= 15 is 0 Å². The van der Waals surface area contributed by atoms with Crippen LogP contribution in [-0.4, -0.2) is 37.9 Å². The molecule has 0 bridgehead atoms. The molecule has 0 aliphatic carbocycles. The van der Waals surface area contributed by atoms with Crippen LogP contribution in [-0.2, 0) is 19.6 Å². The van der Waals surface area contributed by atoms with Gasteiger partial charge >= 0.3 is 5.97 Å². The highest BCUT2D eigenvalue weighted by Gasteiger charge is 2.37. The quantitative estimate of drug-likeness (QED) is 0.756. The van der Waals surface area contributed by atoms with Crippen LogP contribution in [0.1, 0.15) is 6.42 Å². The number of hydrogen-bond acceptors (Lipinski definition) is 4. The molecule has 19 heavy (non-hydrogen) atoms. The number of benzene rings is 1. The van der Waals surface area contributed by atoms with Gasteiger partial charge in [-0.1, -0.05) is 18.2 Å². The summed E-state index contributed by atoms with van der Waals surface area (Å²) in [6, 6.07) is 8.30. The Balaban J connectivity index is 1.85. The monoisotopic (exact) mass is 279 g/mol. The van der Waals surface area contributed by atoms with Gasteiger partial charge in [0.2, 0.25) is 10.0 Å². The van der Waals surface area contributed by atoms with E-state index in [1.165, 1.54) is 10.4 Å². The molecule has 0 amide bonds. The molecular formula is C13H13NO4S. The minimum absolute atomic E-state index is 0.203. The molecule has 1 aromatic carbocycles. The number of rotatable bonds is 2. The topological polar surface area (TPSA) is 63.7 Å². The molecule has 6 heteroatoms. The Morgan fingerprint density at radius 2 is 1.95 bits per heavy atom. The SMILES string of the molecule is O=C1C=C2CCN(S(=O)(=O)c3ccccc3)CC2O1. The number of carbonyl (C=O) groups excluding carboxylic acids is 1. The molecule has 0 radical (unpaired) electrons. The van der Waals surface area contributed by atoms with Crippen molar-refractivity contribution in [3.05, 3.63) is 42.0 Å². The number of carbonyl (C=O) groups is 1. The van der Waals surface area contributed by atoms with Gasteiger partial charge in [-0.25, -0.2) is 13.2 Å². The van der Waals surface area contributed by atoms with Crippen LogP contribution in [0, 0.1) is 0 Å². The summed E-state index contributed by atoms with van der Waals surface area (Å²) in [4.78, 5) is 11.4. The van der Waals surface area contributed by atoms with E-state index in [2.05, 4.69) is 0 Å². The van der Waals surface area contributed by atoms with Gasteiger partial charge in [-0.15, -0.1) is 0 Å². The van der Waals surface area contributed by atoms with Crippen molar-refractivity contribution in [1.29, 1.82) is 0 Å². The maximum absolute atomic E-state index is 12.4. The van der Waals surface area contributed by atoms with Gasteiger partial charge in [0, 0.05) is 12.6 Å². The van der Waals surface area contributed by atoms with Crippen LogP contribution in [0.5, 0.6) is 0 Å². The summed E-state index contributed by atoms with van der Waals surface area (Å²) in [5, 5.41) is 0. The second-order valence-electron chi connectivity index (χ2n) is 4.57. The molecule has 0 aromatic heterocycles. The second-order valence-corrected chi connectivity index (χ2v) is 6.51. The van der Waals surface area contributed by atoms with Gasteiger partial charge in [-0.2, -0.15) is 4.31 Å². The second kappa shape index (κ2) is 4.47. The molecule has 3 rings (SSSR count). The van der Waals surface area contributed by atoms with Crippen molar-refractivity contribution in [3.8, 4) is 0 Å². The summed E-state index contributed by atoms with van der Waals surface area (Å²) >= 11 is 0. The van der Waals surface area contributed by atoms with E-state index in [4.69, 9.17) is 4.74 Å². The van der Waals surface area contributed by atoms with Gasteiger partial charge in [0.05, 0.1) is 11.4 Å². The Morgan fingerprint density at radius 1 is 1.21 bits per heavy atom. The van der Waals surface area contributed by atoms with Gasteiger partial charge in [0.15, 0.2) is 0 Å². The molecule has 2 aliphatic rings. The standard InChI is InChI=1S/C13H13NO4S/c15-13-8-10-6-7-14(9-12(10)18-13)19(16,17)11-4-2-1-3-5-11/h1-5,8,12H,6-7,9H2. The maximum Gasteiger partial charge on any atom is 0.331 e. The summed E-state index contributed by atoms with van der Waals surface area (Å²) in [5.74, 6) is -0.376. The van der Waals surface area contributed by atoms with Crippen LogP contribution in [0.25, 0.3) is 0 Å². The van der Waals surface area contributed by atoms with Crippen LogP contribution in [0.4, 0.5) is 0 Å².